The van der Waals surface area contributed by atoms with E-state index >= 15 is 0 Å². The summed E-state index contributed by atoms with van der Waals surface area (Å²) in [6.45, 7) is 10.0. The SMILES string of the molecule is CCN(CC)CCCNCc1c(F)ccc(C)c1F. The standard InChI is InChI=1S/C15H24F2N2/c1-4-19(5-2)10-6-9-18-11-13-14(16)8-7-12(3)15(13)17/h7-8,18H,4-6,9-11H2,1-3H3. The van der Waals surface area contributed by atoms with Crippen LogP contribution in [0.1, 0.15) is 31.4 Å². The molecule has 0 radical (unpaired) electrons. The smallest absolute Gasteiger partial charge is 0.133 e. The second-order valence-corrected chi connectivity index (χ2v) is 4.71. The van der Waals surface area contributed by atoms with Crippen molar-refractivity contribution in [1.29, 1.82) is 0 Å². The molecular weight excluding hydrogens is 246 g/mol. The number of hydrogen-bond donors (Lipinski definition) is 1. The van der Waals surface area contributed by atoms with Gasteiger partial charge in [0.2, 0.25) is 0 Å². The van der Waals surface area contributed by atoms with E-state index in [2.05, 4.69) is 24.1 Å². The van der Waals surface area contributed by atoms with Crippen LogP contribution in [0.4, 0.5) is 8.78 Å². The Labute approximate surface area is 114 Å². The maximum absolute atomic E-state index is 13.7. The first-order valence-electron chi connectivity index (χ1n) is 6.96. The number of nitrogens with zero attached hydrogens (tertiary/aromatic N) is 1. The third kappa shape index (κ3) is 4.88. The lowest BCUT2D eigenvalue weighted by Gasteiger charge is -2.17. The first-order valence-corrected chi connectivity index (χ1v) is 6.96. The lowest BCUT2D eigenvalue weighted by molar-refractivity contribution is 0.297. The van der Waals surface area contributed by atoms with Gasteiger partial charge in [0, 0.05) is 12.1 Å². The maximum Gasteiger partial charge on any atom is 0.133 e. The molecule has 0 aliphatic carbocycles. The van der Waals surface area contributed by atoms with Gasteiger partial charge in [0.1, 0.15) is 11.6 Å². The molecule has 0 saturated carbocycles. The molecule has 2 nitrogen and oxygen atoms in total. The van der Waals surface area contributed by atoms with E-state index in [0.29, 0.717) is 5.56 Å². The molecule has 1 rings (SSSR count). The minimum atomic E-state index is -0.473. The van der Waals surface area contributed by atoms with Crippen LogP contribution < -0.4 is 5.32 Å². The van der Waals surface area contributed by atoms with Gasteiger partial charge in [0.25, 0.3) is 0 Å². The summed E-state index contributed by atoms with van der Waals surface area (Å²) in [5, 5.41) is 3.11. The van der Waals surface area contributed by atoms with Crippen LogP contribution in [0, 0.1) is 18.6 Å². The van der Waals surface area contributed by atoms with Crippen molar-refractivity contribution < 1.29 is 8.78 Å². The van der Waals surface area contributed by atoms with Crippen molar-refractivity contribution in [2.45, 2.75) is 33.7 Å². The fraction of sp³-hybridized carbons (Fsp3) is 0.600. The van der Waals surface area contributed by atoms with E-state index < -0.39 is 11.6 Å². The first kappa shape index (κ1) is 16.1. The number of aryl methyl sites for hydroxylation is 1. The molecule has 0 saturated heterocycles. The molecule has 0 aliphatic heterocycles. The Morgan fingerprint density at radius 3 is 2.47 bits per heavy atom. The molecule has 1 aromatic rings. The molecule has 0 heterocycles. The van der Waals surface area contributed by atoms with Gasteiger partial charge < -0.3 is 10.2 Å². The van der Waals surface area contributed by atoms with E-state index in [1.807, 2.05) is 0 Å². The van der Waals surface area contributed by atoms with Crippen LogP contribution >= 0.6 is 0 Å². The summed E-state index contributed by atoms with van der Waals surface area (Å²) >= 11 is 0. The van der Waals surface area contributed by atoms with Gasteiger partial charge in [-0.25, -0.2) is 8.78 Å². The van der Waals surface area contributed by atoms with Crippen molar-refractivity contribution in [1.82, 2.24) is 10.2 Å². The van der Waals surface area contributed by atoms with Crippen LogP contribution in [0.5, 0.6) is 0 Å². The number of halogens is 2. The summed E-state index contributed by atoms with van der Waals surface area (Å²) in [6.07, 6.45) is 0.983. The number of benzene rings is 1. The molecular formula is C15H24F2N2. The third-order valence-electron chi connectivity index (χ3n) is 3.40. The van der Waals surface area contributed by atoms with Crippen molar-refractivity contribution in [3.8, 4) is 0 Å². The topological polar surface area (TPSA) is 15.3 Å². The Bertz CT molecular complexity index is 390. The first-order chi connectivity index (χ1) is 9.10. The van der Waals surface area contributed by atoms with Gasteiger partial charge >= 0.3 is 0 Å². The zero-order valence-corrected chi connectivity index (χ0v) is 12.1. The third-order valence-corrected chi connectivity index (χ3v) is 3.40. The Morgan fingerprint density at radius 1 is 1.16 bits per heavy atom. The normalized spacial score (nSPS) is 11.3. The summed E-state index contributed by atoms with van der Waals surface area (Å²) < 4.78 is 27.2. The monoisotopic (exact) mass is 270 g/mol. The molecule has 19 heavy (non-hydrogen) atoms. The van der Waals surface area contributed by atoms with Crippen LogP contribution in [-0.4, -0.2) is 31.1 Å². The molecule has 0 fully saturated rings. The number of hydrogen-bond acceptors (Lipinski definition) is 2. The quantitative estimate of drug-likeness (QED) is 0.730. The van der Waals surface area contributed by atoms with E-state index in [1.165, 1.54) is 12.1 Å². The molecule has 0 spiro atoms. The Morgan fingerprint density at radius 2 is 1.84 bits per heavy atom. The Hall–Kier alpha value is -1.00. The second kappa shape index (κ2) is 8.23. The largest absolute Gasteiger partial charge is 0.312 e. The Kier molecular flexibility index (Phi) is 6.95. The summed E-state index contributed by atoms with van der Waals surface area (Å²) in [4.78, 5) is 2.33. The highest BCUT2D eigenvalue weighted by Crippen LogP contribution is 2.15. The molecule has 1 N–H and O–H groups in total. The molecule has 108 valence electrons. The highest BCUT2D eigenvalue weighted by Gasteiger charge is 2.10. The van der Waals surface area contributed by atoms with E-state index in [1.54, 1.807) is 6.92 Å². The molecule has 0 amide bonds. The highest BCUT2D eigenvalue weighted by molar-refractivity contribution is 5.26. The number of rotatable bonds is 8. The zero-order valence-electron chi connectivity index (χ0n) is 12.1. The van der Waals surface area contributed by atoms with Gasteiger partial charge in [-0.3, -0.25) is 0 Å². The lowest BCUT2D eigenvalue weighted by atomic mass is 10.1. The highest BCUT2D eigenvalue weighted by atomic mass is 19.1. The van der Waals surface area contributed by atoms with Gasteiger partial charge in [0.15, 0.2) is 0 Å². The van der Waals surface area contributed by atoms with E-state index in [9.17, 15) is 8.78 Å². The zero-order chi connectivity index (χ0) is 14.3. The molecule has 0 aliphatic rings. The fourth-order valence-corrected chi connectivity index (χ4v) is 2.06. The predicted octanol–water partition coefficient (Wildman–Crippen LogP) is 3.09. The van der Waals surface area contributed by atoms with E-state index in [4.69, 9.17) is 0 Å². The van der Waals surface area contributed by atoms with Crippen LogP contribution in [0.3, 0.4) is 0 Å². The average molecular weight is 270 g/mol. The van der Waals surface area contributed by atoms with Crippen molar-refractivity contribution in [3.63, 3.8) is 0 Å². The number of nitrogens with one attached hydrogen (secondary N) is 1. The fourth-order valence-electron chi connectivity index (χ4n) is 2.06. The average Bonchev–Trinajstić information content (AvgIpc) is 2.42. The maximum atomic E-state index is 13.7. The summed E-state index contributed by atoms with van der Waals surface area (Å²) in [6, 6.07) is 2.79. The van der Waals surface area contributed by atoms with Crippen LogP contribution in [-0.2, 0) is 6.54 Å². The summed E-state index contributed by atoms with van der Waals surface area (Å²) in [7, 11) is 0. The minimum Gasteiger partial charge on any atom is -0.312 e. The van der Waals surface area contributed by atoms with Crippen LogP contribution in [0.25, 0.3) is 0 Å². The van der Waals surface area contributed by atoms with Gasteiger partial charge in [-0.15, -0.1) is 0 Å². The van der Waals surface area contributed by atoms with Crippen molar-refractivity contribution in [3.05, 3.63) is 34.9 Å². The van der Waals surface area contributed by atoms with Crippen LogP contribution in [0.2, 0.25) is 0 Å². The minimum absolute atomic E-state index is 0.142. The molecule has 0 bridgehead atoms. The van der Waals surface area contributed by atoms with Gasteiger partial charge in [-0.2, -0.15) is 0 Å². The molecule has 0 aromatic heterocycles. The molecule has 0 atom stereocenters. The molecule has 0 unspecified atom stereocenters. The van der Waals surface area contributed by atoms with Crippen molar-refractivity contribution >= 4 is 0 Å². The Balaban J connectivity index is 2.36. The molecule has 1 aromatic carbocycles. The van der Waals surface area contributed by atoms with Crippen molar-refractivity contribution in [2.24, 2.45) is 0 Å². The summed E-state index contributed by atoms with van der Waals surface area (Å²) in [5.41, 5.74) is 0.629. The van der Waals surface area contributed by atoms with Crippen molar-refractivity contribution in [2.75, 3.05) is 26.2 Å². The molecule has 4 heteroatoms. The van der Waals surface area contributed by atoms with Gasteiger partial charge in [0.05, 0.1) is 0 Å². The summed E-state index contributed by atoms with van der Waals surface area (Å²) in [5.74, 6) is -0.907. The van der Waals surface area contributed by atoms with E-state index in [0.717, 1.165) is 32.6 Å². The van der Waals surface area contributed by atoms with Gasteiger partial charge in [-0.1, -0.05) is 19.9 Å². The second-order valence-electron chi connectivity index (χ2n) is 4.71. The predicted molar refractivity (Wildman–Crippen MR) is 75.2 cm³/mol. The van der Waals surface area contributed by atoms with Gasteiger partial charge in [-0.05, 0) is 51.2 Å². The van der Waals surface area contributed by atoms with E-state index in [-0.39, 0.29) is 12.1 Å². The lowest BCUT2D eigenvalue weighted by Crippen LogP contribution is -2.27. The van der Waals surface area contributed by atoms with Crippen LogP contribution in [0.15, 0.2) is 12.1 Å².